The average Bonchev–Trinajstić information content (AvgIpc) is 3.32. The Balaban J connectivity index is 1.29. The number of aromatic nitrogens is 2. The third-order valence-corrected chi connectivity index (χ3v) is 4.80. The molecule has 0 unspecified atom stereocenters. The van der Waals surface area contributed by atoms with Crippen molar-refractivity contribution >= 4 is 11.8 Å². The van der Waals surface area contributed by atoms with Gasteiger partial charge in [-0.2, -0.15) is 5.10 Å². The molecule has 1 atom stereocenters. The molecular weight excluding hydrogens is 368 g/mol. The van der Waals surface area contributed by atoms with Gasteiger partial charge in [0.1, 0.15) is 5.75 Å². The second-order valence-electron chi connectivity index (χ2n) is 6.93. The first-order valence-corrected chi connectivity index (χ1v) is 9.53. The van der Waals surface area contributed by atoms with Crippen molar-refractivity contribution in [3.8, 4) is 5.75 Å². The fourth-order valence-corrected chi connectivity index (χ4v) is 3.38. The Kier molecular flexibility index (Phi) is 5.56. The summed E-state index contributed by atoms with van der Waals surface area (Å²) >= 11 is 0. The highest BCUT2D eigenvalue weighted by Crippen LogP contribution is 2.19. The zero-order valence-electron chi connectivity index (χ0n) is 15.9. The fourth-order valence-electron chi connectivity index (χ4n) is 3.38. The standard InChI is InChI=1S/C22H22N4O3/c27-21(15-29-18-9-5-2-6-10-18)25-17-11-20-19(13-24-26(20)14-17)22(28)23-12-16-7-3-1-4-8-16/h1-10,13,17H,11-12,14-15H2,(H,23,28)(H,25,27)/t17-/m0/s1. The maximum Gasteiger partial charge on any atom is 0.258 e. The van der Waals surface area contributed by atoms with Crippen molar-refractivity contribution in [3.05, 3.63) is 83.7 Å². The van der Waals surface area contributed by atoms with E-state index in [-0.39, 0.29) is 24.5 Å². The van der Waals surface area contributed by atoms with Crippen LogP contribution in [0.25, 0.3) is 0 Å². The molecule has 2 heterocycles. The fraction of sp³-hybridized carbons (Fsp3) is 0.227. The molecule has 2 aromatic carbocycles. The molecule has 0 fully saturated rings. The Morgan fingerprint density at radius 2 is 1.79 bits per heavy atom. The molecule has 0 bridgehead atoms. The van der Waals surface area contributed by atoms with E-state index in [2.05, 4.69) is 15.7 Å². The van der Waals surface area contributed by atoms with Crippen LogP contribution in [-0.2, 0) is 24.3 Å². The van der Waals surface area contributed by atoms with Crippen LogP contribution in [0.4, 0.5) is 0 Å². The van der Waals surface area contributed by atoms with Crippen molar-refractivity contribution in [2.45, 2.75) is 25.6 Å². The normalized spacial score (nSPS) is 14.8. The number of hydrogen-bond acceptors (Lipinski definition) is 4. The van der Waals surface area contributed by atoms with E-state index in [1.54, 1.807) is 23.0 Å². The predicted octanol–water partition coefficient (Wildman–Crippen LogP) is 1.93. The van der Waals surface area contributed by atoms with Gasteiger partial charge < -0.3 is 15.4 Å². The predicted molar refractivity (Wildman–Crippen MR) is 107 cm³/mol. The largest absolute Gasteiger partial charge is 0.484 e. The zero-order valence-corrected chi connectivity index (χ0v) is 15.9. The lowest BCUT2D eigenvalue weighted by Gasteiger charge is -2.12. The Labute approximate surface area is 168 Å². The summed E-state index contributed by atoms with van der Waals surface area (Å²) in [5.41, 5.74) is 2.43. The number of amides is 2. The summed E-state index contributed by atoms with van der Waals surface area (Å²) in [7, 11) is 0. The van der Waals surface area contributed by atoms with E-state index in [1.807, 2.05) is 48.5 Å². The van der Waals surface area contributed by atoms with Gasteiger partial charge in [0.15, 0.2) is 6.61 Å². The first-order valence-electron chi connectivity index (χ1n) is 9.53. The second kappa shape index (κ2) is 8.60. The number of fused-ring (bicyclic) bond motifs is 1. The third kappa shape index (κ3) is 4.63. The number of rotatable bonds is 7. The monoisotopic (exact) mass is 390 g/mol. The Morgan fingerprint density at radius 1 is 1.07 bits per heavy atom. The van der Waals surface area contributed by atoms with Gasteiger partial charge in [-0.1, -0.05) is 48.5 Å². The van der Waals surface area contributed by atoms with Crippen LogP contribution in [-0.4, -0.2) is 34.2 Å². The molecule has 7 nitrogen and oxygen atoms in total. The van der Waals surface area contributed by atoms with Crippen LogP contribution in [0.2, 0.25) is 0 Å². The summed E-state index contributed by atoms with van der Waals surface area (Å²) in [6.07, 6.45) is 2.15. The molecule has 0 spiro atoms. The van der Waals surface area contributed by atoms with E-state index in [4.69, 9.17) is 4.74 Å². The number of ether oxygens (including phenoxy) is 1. The topological polar surface area (TPSA) is 85.2 Å². The average molecular weight is 390 g/mol. The Bertz CT molecular complexity index is 986. The Hall–Kier alpha value is -3.61. The number of benzene rings is 2. The van der Waals surface area contributed by atoms with Crippen molar-refractivity contribution < 1.29 is 14.3 Å². The maximum absolute atomic E-state index is 12.6. The van der Waals surface area contributed by atoms with E-state index in [0.29, 0.717) is 30.8 Å². The molecule has 1 aliphatic rings. The SMILES string of the molecule is O=C(COc1ccccc1)N[C@H]1Cc2c(C(=O)NCc3ccccc3)cnn2C1. The smallest absolute Gasteiger partial charge is 0.258 e. The van der Waals surface area contributed by atoms with Crippen LogP contribution in [0.5, 0.6) is 5.75 Å². The minimum absolute atomic E-state index is 0.0484. The molecule has 4 rings (SSSR count). The quantitative estimate of drug-likeness (QED) is 0.646. The summed E-state index contributed by atoms with van der Waals surface area (Å²) < 4.78 is 7.25. The second-order valence-corrected chi connectivity index (χ2v) is 6.93. The highest BCUT2D eigenvalue weighted by molar-refractivity contribution is 5.95. The van der Waals surface area contributed by atoms with Crippen LogP contribution in [0, 0.1) is 0 Å². The molecule has 148 valence electrons. The van der Waals surface area contributed by atoms with Gasteiger partial charge in [-0.25, -0.2) is 0 Å². The van der Waals surface area contributed by atoms with E-state index < -0.39 is 0 Å². The summed E-state index contributed by atoms with van der Waals surface area (Å²) in [5.74, 6) is 0.300. The zero-order chi connectivity index (χ0) is 20.1. The highest BCUT2D eigenvalue weighted by atomic mass is 16.5. The molecule has 1 aromatic heterocycles. The van der Waals surface area contributed by atoms with Crippen molar-refractivity contribution in [2.75, 3.05) is 6.61 Å². The molecule has 0 radical (unpaired) electrons. The Morgan fingerprint density at radius 3 is 2.55 bits per heavy atom. The minimum Gasteiger partial charge on any atom is -0.484 e. The summed E-state index contributed by atoms with van der Waals surface area (Å²) in [6.45, 7) is 0.951. The molecule has 29 heavy (non-hydrogen) atoms. The van der Waals surface area contributed by atoms with E-state index >= 15 is 0 Å². The van der Waals surface area contributed by atoms with Crippen molar-refractivity contribution in [3.63, 3.8) is 0 Å². The number of nitrogens with zero attached hydrogens (tertiary/aromatic N) is 2. The van der Waals surface area contributed by atoms with Gasteiger partial charge in [0, 0.05) is 13.0 Å². The van der Waals surface area contributed by atoms with Gasteiger partial charge in [-0.05, 0) is 17.7 Å². The molecule has 0 saturated heterocycles. The summed E-state index contributed by atoms with van der Waals surface area (Å²) in [5, 5.41) is 10.2. The van der Waals surface area contributed by atoms with Crippen LogP contribution < -0.4 is 15.4 Å². The van der Waals surface area contributed by atoms with E-state index in [0.717, 1.165) is 11.3 Å². The van der Waals surface area contributed by atoms with Crippen molar-refractivity contribution in [2.24, 2.45) is 0 Å². The first-order chi connectivity index (χ1) is 14.2. The van der Waals surface area contributed by atoms with Gasteiger partial charge in [0.25, 0.3) is 11.8 Å². The molecule has 0 saturated carbocycles. The number of hydrogen-bond donors (Lipinski definition) is 2. The lowest BCUT2D eigenvalue weighted by molar-refractivity contribution is -0.123. The van der Waals surface area contributed by atoms with Gasteiger partial charge in [0.05, 0.1) is 30.0 Å². The van der Waals surface area contributed by atoms with Gasteiger partial charge in [0.2, 0.25) is 0 Å². The molecule has 1 aliphatic heterocycles. The summed E-state index contributed by atoms with van der Waals surface area (Å²) in [4.78, 5) is 24.7. The van der Waals surface area contributed by atoms with Crippen LogP contribution >= 0.6 is 0 Å². The number of carbonyl (C=O) groups excluding carboxylic acids is 2. The minimum atomic E-state index is -0.195. The van der Waals surface area contributed by atoms with Crippen molar-refractivity contribution in [1.29, 1.82) is 0 Å². The lowest BCUT2D eigenvalue weighted by atomic mass is 10.1. The molecule has 7 heteroatoms. The third-order valence-electron chi connectivity index (χ3n) is 4.80. The first kappa shape index (κ1) is 18.7. The van der Waals surface area contributed by atoms with E-state index in [1.165, 1.54) is 0 Å². The molecule has 0 aliphatic carbocycles. The number of para-hydroxylation sites is 1. The lowest BCUT2D eigenvalue weighted by Crippen LogP contribution is -2.39. The maximum atomic E-state index is 12.6. The van der Waals surface area contributed by atoms with Gasteiger partial charge >= 0.3 is 0 Å². The molecule has 2 N–H and O–H groups in total. The van der Waals surface area contributed by atoms with Gasteiger partial charge in [-0.3, -0.25) is 14.3 Å². The number of carbonyl (C=O) groups is 2. The highest BCUT2D eigenvalue weighted by Gasteiger charge is 2.28. The van der Waals surface area contributed by atoms with E-state index in [9.17, 15) is 9.59 Å². The molecular formula is C22H22N4O3. The van der Waals surface area contributed by atoms with Crippen LogP contribution in [0.15, 0.2) is 66.9 Å². The molecule has 2 amide bonds. The van der Waals surface area contributed by atoms with Gasteiger partial charge in [-0.15, -0.1) is 0 Å². The molecule has 3 aromatic rings. The van der Waals surface area contributed by atoms with Crippen molar-refractivity contribution in [1.82, 2.24) is 20.4 Å². The van der Waals surface area contributed by atoms with Crippen LogP contribution in [0.3, 0.4) is 0 Å². The number of nitrogens with one attached hydrogen (secondary N) is 2. The van der Waals surface area contributed by atoms with Crippen LogP contribution in [0.1, 0.15) is 21.6 Å². The summed E-state index contributed by atoms with van der Waals surface area (Å²) in [6, 6.07) is 18.8.